The number of likely N-dealkylation sites (N-methyl/N-ethyl adjacent to an activating group) is 1. The van der Waals surface area contributed by atoms with E-state index in [2.05, 4.69) is 42.4 Å². The van der Waals surface area contributed by atoms with Crippen molar-refractivity contribution in [2.24, 2.45) is 5.92 Å². The highest BCUT2D eigenvalue weighted by molar-refractivity contribution is 5.74. The van der Waals surface area contributed by atoms with E-state index in [-0.39, 0.29) is 0 Å². The summed E-state index contributed by atoms with van der Waals surface area (Å²) in [5.74, 6) is 0.608. The number of anilines is 2. The second kappa shape index (κ2) is 3.67. The van der Waals surface area contributed by atoms with E-state index in [0.717, 1.165) is 19.8 Å². The third kappa shape index (κ3) is 1.39. The zero-order chi connectivity index (χ0) is 11.1. The van der Waals surface area contributed by atoms with Gasteiger partial charge in [0.25, 0.3) is 0 Å². The molecular formula is C13H18N2O. The Morgan fingerprint density at radius 3 is 3.12 bits per heavy atom. The number of rotatable bonds is 0. The fraction of sp³-hybridized carbons (Fsp3) is 0.538. The van der Waals surface area contributed by atoms with E-state index in [1.165, 1.54) is 16.9 Å². The zero-order valence-electron chi connectivity index (χ0n) is 9.86. The summed E-state index contributed by atoms with van der Waals surface area (Å²) in [6.07, 6.45) is 0. The molecule has 3 nitrogen and oxygen atoms in total. The van der Waals surface area contributed by atoms with Crippen LogP contribution in [0.15, 0.2) is 18.2 Å². The van der Waals surface area contributed by atoms with Gasteiger partial charge in [-0.25, -0.2) is 0 Å². The van der Waals surface area contributed by atoms with Crippen LogP contribution in [0.1, 0.15) is 5.56 Å². The largest absolute Gasteiger partial charge is 0.383 e. The van der Waals surface area contributed by atoms with Crippen molar-refractivity contribution in [1.29, 1.82) is 0 Å². The van der Waals surface area contributed by atoms with Crippen LogP contribution in [0.4, 0.5) is 11.4 Å². The molecule has 0 bridgehead atoms. The van der Waals surface area contributed by atoms with E-state index in [9.17, 15) is 0 Å². The molecule has 2 heterocycles. The predicted molar refractivity (Wildman–Crippen MR) is 66.2 cm³/mol. The fourth-order valence-corrected chi connectivity index (χ4v) is 2.80. The van der Waals surface area contributed by atoms with Crippen molar-refractivity contribution in [2.75, 3.05) is 37.0 Å². The molecule has 1 aromatic carbocycles. The average molecular weight is 218 g/mol. The Kier molecular flexibility index (Phi) is 2.28. The predicted octanol–water partition coefficient (Wildman–Crippen LogP) is 1.87. The first-order valence-corrected chi connectivity index (χ1v) is 5.91. The summed E-state index contributed by atoms with van der Waals surface area (Å²) in [6, 6.07) is 7.01. The Bertz CT molecular complexity index is 405. The number of nitrogens with zero attached hydrogens (tertiary/aromatic N) is 1. The molecule has 2 atom stereocenters. The summed E-state index contributed by atoms with van der Waals surface area (Å²) in [6.45, 7) is 4.93. The number of hydrogen-bond acceptors (Lipinski definition) is 3. The minimum absolute atomic E-state index is 0.524. The van der Waals surface area contributed by atoms with Crippen LogP contribution < -0.4 is 10.2 Å². The number of benzene rings is 1. The molecule has 1 fully saturated rings. The Balaban J connectivity index is 2.05. The molecule has 2 aliphatic rings. The van der Waals surface area contributed by atoms with Crippen LogP contribution in [-0.2, 0) is 4.74 Å². The van der Waals surface area contributed by atoms with Gasteiger partial charge in [0.2, 0.25) is 0 Å². The number of para-hydroxylation sites is 1. The van der Waals surface area contributed by atoms with Gasteiger partial charge >= 0.3 is 0 Å². The number of hydrogen-bond donors (Lipinski definition) is 1. The van der Waals surface area contributed by atoms with Crippen molar-refractivity contribution in [3.63, 3.8) is 0 Å². The highest BCUT2D eigenvalue weighted by atomic mass is 16.5. The second-order valence-corrected chi connectivity index (χ2v) is 4.83. The van der Waals surface area contributed by atoms with Gasteiger partial charge < -0.3 is 15.0 Å². The van der Waals surface area contributed by atoms with Crippen molar-refractivity contribution in [3.05, 3.63) is 23.8 Å². The highest BCUT2D eigenvalue weighted by Crippen LogP contribution is 2.35. The lowest BCUT2D eigenvalue weighted by molar-refractivity contribution is 0.185. The highest BCUT2D eigenvalue weighted by Gasteiger charge is 2.34. The van der Waals surface area contributed by atoms with E-state index in [0.29, 0.717) is 12.0 Å². The Morgan fingerprint density at radius 1 is 1.38 bits per heavy atom. The Morgan fingerprint density at radius 2 is 2.25 bits per heavy atom. The van der Waals surface area contributed by atoms with Gasteiger partial charge in [0.05, 0.1) is 30.6 Å². The lowest BCUT2D eigenvalue weighted by Crippen LogP contribution is -2.37. The molecule has 2 unspecified atom stereocenters. The molecule has 0 radical (unpaired) electrons. The summed E-state index contributed by atoms with van der Waals surface area (Å²) < 4.78 is 5.58. The van der Waals surface area contributed by atoms with Gasteiger partial charge in [0.1, 0.15) is 0 Å². The van der Waals surface area contributed by atoms with Crippen molar-refractivity contribution < 1.29 is 4.74 Å². The molecular weight excluding hydrogens is 200 g/mol. The molecule has 0 saturated carbocycles. The first-order chi connectivity index (χ1) is 7.77. The van der Waals surface area contributed by atoms with Crippen LogP contribution >= 0.6 is 0 Å². The molecule has 0 spiro atoms. The fourth-order valence-electron chi connectivity index (χ4n) is 2.80. The van der Waals surface area contributed by atoms with E-state index in [1.54, 1.807) is 0 Å². The first-order valence-electron chi connectivity index (χ1n) is 5.91. The van der Waals surface area contributed by atoms with E-state index in [1.807, 2.05) is 0 Å². The molecule has 1 saturated heterocycles. The van der Waals surface area contributed by atoms with E-state index < -0.39 is 0 Å². The molecule has 0 aromatic heterocycles. The molecule has 1 aromatic rings. The standard InChI is InChI=1S/C13H18N2O/c1-9-4-3-5-11-13(9)14-6-10-7-16-8-12(10)15(11)2/h3-5,10,12,14H,6-8H2,1-2H3. The maximum atomic E-state index is 5.58. The quantitative estimate of drug-likeness (QED) is 0.719. The van der Waals surface area contributed by atoms with Gasteiger partial charge in [-0.1, -0.05) is 12.1 Å². The van der Waals surface area contributed by atoms with Gasteiger partial charge in [0.15, 0.2) is 0 Å². The van der Waals surface area contributed by atoms with Crippen LogP contribution in [0.3, 0.4) is 0 Å². The molecule has 0 aliphatic carbocycles. The van der Waals surface area contributed by atoms with Gasteiger partial charge in [-0.15, -0.1) is 0 Å². The topological polar surface area (TPSA) is 24.5 Å². The molecule has 2 aliphatic heterocycles. The van der Waals surface area contributed by atoms with Crippen molar-refractivity contribution in [3.8, 4) is 0 Å². The molecule has 1 N–H and O–H groups in total. The SMILES string of the molecule is Cc1cccc2c1NCC1COCC1N2C. The van der Waals surface area contributed by atoms with Crippen LogP contribution in [0.25, 0.3) is 0 Å². The molecule has 3 rings (SSSR count). The monoisotopic (exact) mass is 218 g/mol. The van der Waals surface area contributed by atoms with Gasteiger partial charge in [-0.2, -0.15) is 0 Å². The number of ether oxygens (including phenoxy) is 1. The van der Waals surface area contributed by atoms with Crippen LogP contribution in [-0.4, -0.2) is 32.8 Å². The Hall–Kier alpha value is -1.22. The first kappa shape index (κ1) is 9.97. The minimum Gasteiger partial charge on any atom is -0.383 e. The average Bonchev–Trinajstić information content (AvgIpc) is 2.70. The lowest BCUT2D eigenvalue weighted by Gasteiger charge is -2.27. The summed E-state index contributed by atoms with van der Waals surface area (Å²) in [5.41, 5.74) is 3.92. The van der Waals surface area contributed by atoms with E-state index >= 15 is 0 Å². The zero-order valence-corrected chi connectivity index (χ0v) is 9.86. The lowest BCUT2D eigenvalue weighted by atomic mass is 10.0. The van der Waals surface area contributed by atoms with Gasteiger partial charge in [0, 0.05) is 19.5 Å². The van der Waals surface area contributed by atoms with Crippen LogP contribution in [0.2, 0.25) is 0 Å². The maximum absolute atomic E-state index is 5.58. The summed E-state index contributed by atoms with van der Waals surface area (Å²) in [4.78, 5) is 2.38. The third-order valence-corrected chi connectivity index (χ3v) is 3.83. The summed E-state index contributed by atoms with van der Waals surface area (Å²) in [7, 11) is 2.18. The van der Waals surface area contributed by atoms with Crippen LogP contribution in [0.5, 0.6) is 0 Å². The summed E-state index contributed by atoms with van der Waals surface area (Å²) >= 11 is 0. The van der Waals surface area contributed by atoms with E-state index in [4.69, 9.17) is 4.74 Å². The van der Waals surface area contributed by atoms with Crippen LogP contribution in [0, 0.1) is 12.8 Å². The third-order valence-electron chi connectivity index (χ3n) is 3.83. The van der Waals surface area contributed by atoms with Gasteiger partial charge in [-0.05, 0) is 18.6 Å². The van der Waals surface area contributed by atoms with Crippen molar-refractivity contribution >= 4 is 11.4 Å². The second-order valence-electron chi connectivity index (χ2n) is 4.83. The molecule has 3 heteroatoms. The molecule has 86 valence electrons. The molecule has 0 amide bonds. The maximum Gasteiger partial charge on any atom is 0.0674 e. The minimum atomic E-state index is 0.524. The van der Waals surface area contributed by atoms with Crippen molar-refractivity contribution in [2.45, 2.75) is 13.0 Å². The normalized spacial score (nSPS) is 28.0. The molecule has 16 heavy (non-hydrogen) atoms. The Labute approximate surface area is 96.4 Å². The van der Waals surface area contributed by atoms with Crippen molar-refractivity contribution in [1.82, 2.24) is 0 Å². The van der Waals surface area contributed by atoms with Gasteiger partial charge in [-0.3, -0.25) is 0 Å². The summed E-state index contributed by atoms with van der Waals surface area (Å²) in [5, 5.41) is 3.57. The number of aryl methyl sites for hydroxylation is 1. The number of nitrogens with one attached hydrogen (secondary N) is 1. The smallest absolute Gasteiger partial charge is 0.0674 e. The number of fused-ring (bicyclic) bond motifs is 2.